The van der Waals surface area contributed by atoms with E-state index >= 15 is 9.59 Å². The number of nitrogens with zero attached hydrogens (tertiary/aromatic N) is 4. The molecule has 34 nitrogen and oxygen atoms in total. The molecule has 1 fully saturated rings. The summed E-state index contributed by atoms with van der Waals surface area (Å²) in [5.41, 5.74) is 28.6. The lowest BCUT2D eigenvalue weighted by Crippen LogP contribution is -2.50. The van der Waals surface area contributed by atoms with Crippen LogP contribution in [0.25, 0.3) is 10.8 Å². The molecular formula is C85H136N16O18. The van der Waals surface area contributed by atoms with Crippen molar-refractivity contribution in [3.8, 4) is 0 Å². The lowest BCUT2D eigenvalue weighted by atomic mass is 9.87. The number of aliphatic imine (C=N–C) groups is 2. The molecule has 664 valence electrons. The zero-order chi connectivity index (χ0) is 89.3. The number of unbranched alkanes of at least 4 members (excludes halogenated alkanes) is 2. The van der Waals surface area contributed by atoms with Crippen molar-refractivity contribution in [3.63, 3.8) is 0 Å². The number of carboxylic acids is 1. The summed E-state index contributed by atoms with van der Waals surface area (Å²) in [6, 6.07) is 7.18. The molecule has 0 spiro atoms. The summed E-state index contributed by atoms with van der Waals surface area (Å²) in [5, 5.41) is 41.5. The smallest absolute Gasteiger partial charge is 0.303 e. The number of carbonyl (C=O) groups is 16. The van der Waals surface area contributed by atoms with E-state index in [2.05, 4.69) is 47.2 Å². The fourth-order valence-corrected chi connectivity index (χ4v) is 14.5. The van der Waals surface area contributed by atoms with Crippen molar-refractivity contribution in [2.75, 3.05) is 59.9 Å². The first-order valence-corrected chi connectivity index (χ1v) is 42.0. The summed E-state index contributed by atoms with van der Waals surface area (Å²) in [5.74, 6) is -19.0. The zero-order valence-corrected chi connectivity index (χ0v) is 71.9. The van der Waals surface area contributed by atoms with Crippen molar-refractivity contribution >= 4 is 117 Å². The Kier molecular flexibility index (Phi) is 46.3. The number of hydrogen-bond acceptors (Lipinski definition) is 20. The van der Waals surface area contributed by atoms with Gasteiger partial charge in [-0.05, 0) is 126 Å². The average molecular weight is 1670 g/mol. The minimum atomic E-state index is -1.51. The Morgan fingerprint density at radius 1 is 0.571 bits per heavy atom. The van der Waals surface area contributed by atoms with Gasteiger partial charge < -0.3 is 85.9 Å². The maximum Gasteiger partial charge on any atom is 0.303 e. The van der Waals surface area contributed by atoms with Crippen LogP contribution in [0.15, 0.2) is 52.4 Å². The molecule has 2 aromatic carbocycles. The van der Waals surface area contributed by atoms with Gasteiger partial charge >= 0.3 is 5.97 Å². The molecule has 0 bridgehead atoms. The number of hydrogen-bond donors (Lipinski definition) is 14. The number of aliphatic carboxylic acids is 1. The molecule has 19 N–H and O–H groups in total. The molecule has 34 heteroatoms. The number of primary amides is 1. The van der Waals surface area contributed by atoms with Crippen LogP contribution in [0.2, 0.25) is 0 Å². The average Bonchev–Trinajstić information content (AvgIpc) is 0.902. The normalized spacial score (nSPS) is 15.9. The number of ketones is 6. The van der Waals surface area contributed by atoms with Gasteiger partial charge in [-0.2, -0.15) is 0 Å². The first-order chi connectivity index (χ1) is 56.1. The van der Waals surface area contributed by atoms with E-state index in [1.54, 1.807) is 27.0 Å². The van der Waals surface area contributed by atoms with E-state index in [9.17, 15) is 77.3 Å². The highest BCUT2D eigenvalue weighted by Crippen LogP contribution is 2.28. The minimum absolute atomic E-state index is 0.00333. The molecule has 1 aliphatic rings. The molecule has 0 radical (unpaired) electrons. The lowest BCUT2D eigenvalue weighted by Gasteiger charge is -2.27. The molecule has 1 aliphatic heterocycles. The molecule has 3 rings (SSSR count). The number of nitrogens with two attached hydrogens (primary N) is 5. The first kappa shape index (κ1) is 103. The van der Waals surface area contributed by atoms with Crippen LogP contribution in [-0.4, -0.2) is 222 Å². The first-order valence-electron chi connectivity index (χ1n) is 42.0. The number of likely N-dealkylation sites (tertiary alicyclic amines) is 1. The van der Waals surface area contributed by atoms with Crippen LogP contribution in [0.5, 0.6) is 0 Å². The van der Waals surface area contributed by atoms with Crippen molar-refractivity contribution in [2.45, 2.75) is 247 Å². The molecule has 0 aliphatic carbocycles. The second-order valence-corrected chi connectivity index (χ2v) is 32.9. The second-order valence-electron chi connectivity index (χ2n) is 32.9. The van der Waals surface area contributed by atoms with Crippen LogP contribution in [0, 0.1) is 59.2 Å². The molecule has 9 amide bonds. The Labute approximate surface area is 700 Å². The molecule has 1 heterocycles. The zero-order valence-electron chi connectivity index (χ0n) is 71.9. The predicted octanol–water partition coefficient (Wildman–Crippen LogP) is 2.89. The highest BCUT2D eigenvalue weighted by molar-refractivity contribution is 6.00. The number of amides is 9. The monoisotopic (exact) mass is 1670 g/mol. The standard InChI is InChI=1S/C85H136N16O18/c1-13-15-18-32-92-74(110)48-100(12)83(119)60(24-20-34-94-85(89)90)43-67(103)53(9)96-78(114)52(8)38-69(105)65(36-49(3)4)98-81(117)62(40-55-25-26-56-21-16-17-22-57(56)39-55)44-70(106)64(28-29-73(86)109)97-80(116)58(23-19-33-93-84(87)88)41-71(107)66(37-50(5)6)99-82(118)63(54(10)102)45-68(104)61-31-35-101(47-61)75(111)46-95-79(115)59(27-30-76(112)113)42-72(108)77(91-11)51(7)14-2/h16-17,21-22,25-26,39,49-54,58-66,77,91,102H,13-15,18-20,23-24,27-38,40-48H2,1-12H3,(H2,86,109)(H,92,110)(H,95,115)(H,96,114)(H,97,116)(H,98,117)(H,99,118)(H,112,113)(H4,87,88,93)(H4,89,90,94). The van der Waals surface area contributed by atoms with Gasteiger partial charge in [0.2, 0.25) is 53.2 Å². The molecule has 2 aromatic rings. The minimum Gasteiger partial charge on any atom is -0.481 e. The summed E-state index contributed by atoms with van der Waals surface area (Å²) in [6.07, 6.45) is -1.34. The SMILES string of the molecule is CCCCCNC(=O)CN(C)C(=O)C(CCCN=C(N)N)CC(=O)C(C)NC(=O)C(C)CC(=O)C(CC(C)C)NC(=O)C(CC(=O)C(CCC(N)=O)NC(=O)C(CCCN=C(N)N)CC(=O)C(CC(C)C)NC(=O)C(CC(=O)C1CCN(C(=O)CNC(=O)C(CCC(=O)O)CC(=O)C(NC)C(C)CC)C1)C(C)O)Cc1ccc2ccccc2c1. The summed E-state index contributed by atoms with van der Waals surface area (Å²) in [4.78, 5) is 232. The Hall–Kier alpha value is -10.1. The van der Waals surface area contributed by atoms with Gasteiger partial charge in [0.15, 0.2) is 40.8 Å². The van der Waals surface area contributed by atoms with E-state index in [0.717, 1.165) is 30.0 Å². The predicted molar refractivity (Wildman–Crippen MR) is 451 cm³/mol. The Balaban J connectivity index is 1.91. The summed E-state index contributed by atoms with van der Waals surface area (Å²) in [6.45, 7) is 17.1. The molecule has 1 saturated heterocycles. The molecule has 14 unspecified atom stereocenters. The van der Waals surface area contributed by atoms with Crippen molar-refractivity contribution in [1.82, 2.24) is 47.0 Å². The third-order valence-corrected chi connectivity index (χ3v) is 21.8. The Morgan fingerprint density at radius 3 is 1.69 bits per heavy atom. The van der Waals surface area contributed by atoms with Gasteiger partial charge in [0.25, 0.3) is 0 Å². The number of fused-ring (bicyclic) bond motifs is 1. The van der Waals surface area contributed by atoms with Crippen molar-refractivity contribution in [2.24, 2.45) is 97.8 Å². The topological polar surface area (TPSA) is 559 Å². The second kappa shape index (κ2) is 53.4. The number of Topliss-reactive ketones (excluding diaryl/α,β-unsaturated/α-hetero) is 6. The van der Waals surface area contributed by atoms with Gasteiger partial charge in [-0.3, -0.25) is 86.7 Å². The van der Waals surface area contributed by atoms with Crippen LogP contribution in [-0.2, 0) is 83.1 Å². The number of rotatable bonds is 60. The number of guanidine groups is 2. The maximum atomic E-state index is 15.1. The van der Waals surface area contributed by atoms with Crippen LogP contribution >= 0.6 is 0 Å². The number of carboxylic acid groups (broad SMARTS) is 1. The quantitative estimate of drug-likeness (QED) is 0.0257. The molecule has 119 heavy (non-hydrogen) atoms. The highest BCUT2D eigenvalue weighted by atomic mass is 16.4. The number of nitrogens with one attached hydrogen (secondary N) is 7. The summed E-state index contributed by atoms with van der Waals surface area (Å²) >= 11 is 0. The van der Waals surface area contributed by atoms with E-state index < -0.39 is 205 Å². The van der Waals surface area contributed by atoms with Crippen LogP contribution in [0.3, 0.4) is 0 Å². The number of aliphatic hydroxyl groups excluding tert-OH is 1. The number of likely N-dealkylation sites (N-methyl/N-ethyl adjacent to an activating group) is 2. The fourth-order valence-electron chi connectivity index (χ4n) is 14.5. The largest absolute Gasteiger partial charge is 0.481 e. The van der Waals surface area contributed by atoms with E-state index in [1.807, 2.05) is 71.0 Å². The van der Waals surface area contributed by atoms with Crippen molar-refractivity contribution < 1.29 is 86.9 Å². The van der Waals surface area contributed by atoms with E-state index in [1.165, 1.54) is 37.6 Å². The Morgan fingerprint density at radius 2 is 1.12 bits per heavy atom. The van der Waals surface area contributed by atoms with Gasteiger partial charge in [0.05, 0.1) is 55.3 Å². The van der Waals surface area contributed by atoms with Gasteiger partial charge in [0.1, 0.15) is 5.78 Å². The molecular weight excluding hydrogens is 1530 g/mol. The van der Waals surface area contributed by atoms with E-state index in [-0.39, 0.29) is 145 Å². The molecule has 0 aromatic heterocycles. The third kappa shape index (κ3) is 38.2. The lowest BCUT2D eigenvalue weighted by molar-refractivity contribution is -0.140. The third-order valence-electron chi connectivity index (χ3n) is 21.8. The van der Waals surface area contributed by atoms with Crippen LogP contribution < -0.4 is 65.9 Å². The van der Waals surface area contributed by atoms with Gasteiger partial charge in [-0.1, -0.05) is 117 Å². The maximum absolute atomic E-state index is 15.1. The highest BCUT2D eigenvalue weighted by Gasteiger charge is 2.40. The molecule has 0 saturated carbocycles. The summed E-state index contributed by atoms with van der Waals surface area (Å²) in [7, 11) is 3.08. The van der Waals surface area contributed by atoms with Gasteiger partial charge in [0, 0.05) is 127 Å². The van der Waals surface area contributed by atoms with Crippen molar-refractivity contribution in [1.29, 1.82) is 0 Å². The number of carbonyl (C=O) groups excluding carboxylic acids is 15. The van der Waals surface area contributed by atoms with Gasteiger partial charge in [-0.15, -0.1) is 0 Å². The Bertz CT molecular complexity index is 3820. The van der Waals surface area contributed by atoms with Crippen LogP contribution in [0.4, 0.5) is 0 Å². The molecule has 14 atom stereocenters. The number of aliphatic hydroxyl groups is 1. The van der Waals surface area contributed by atoms with E-state index in [0.29, 0.717) is 24.9 Å². The van der Waals surface area contributed by atoms with Gasteiger partial charge in [-0.25, -0.2) is 0 Å². The van der Waals surface area contributed by atoms with Crippen LogP contribution in [0.1, 0.15) is 210 Å². The van der Waals surface area contributed by atoms with E-state index in [4.69, 9.17) is 28.7 Å². The number of benzene rings is 2. The van der Waals surface area contributed by atoms with Crippen molar-refractivity contribution in [3.05, 3.63) is 48.0 Å². The fraction of sp³-hybridized carbons (Fsp3) is 0.671. The summed E-state index contributed by atoms with van der Waals surface area (Å²) < 4.78 is 0.